The zero-order chi connectivity index (χ0) is 13.1. The second-order valence-corrected chi connectivity index (χ2v) is 4.80. The Balaban J connectivity index is 2.15. The summed E-state index contributed by atoms with van der Waals surface area (Å²) in [4.78, 5) is 12.1. The molecule has 1 aromatic carbocycles. The third-order valence-electron chi connectivity index (χ3n) is 2.55. The first kappa shape index (κ1) is 12.7. The Morgan fingerprint density at radius 3 is 2.89 bits per heavy atom. The summed E-state index contributed by atoms with van der Waals surface area (Å²) in [6.07, 6.45) is 1.58. The van der Waals surface area contributed by atoms with Gasteiger partial charge in [0.05, 0.1) is 17.9 Å². The fraction of sp³-hybridized carbons (Fsp3) is 0.154. The van der Waals surface area contributed by atoms with Crippen LogP contribution in [0.25, 0.3) is 0 Å². The Labute approximate surface area is 113 Å². The molecular weight excluding hydrogens is 296 g/mol. The fourth-order valence-corrected chi connectivity index (χ4v) is 2.03. The molecule has 0 aliphatic rings. The van der Waals surface area contributed by atoms with Crippen LogP contribution in [0.3, 0.4) is 0 Å². The molecule has 1 heterocycles. The zero-order valence-corrected chi connectivity index (χ0v) is 11.4. The number of carbonyl (C=O) groups is 1. The predicted octanol–water partition coefficient (Wildman–Crippen LogP) is 3.12. The maximum Gasteiger partial charge on any atom is 0.253 e. The summed E-state index contributed by atoms with van der Waals surface area (Å²) in [6, 6.07) is 8.53. The normalized spacial score (nSPS) is 12.1. The van der Waals surface area contributed by atoms with Gasteiger partial charge < -0.3 is 15.5 Å². The highest BCUT2D eigenvalue weighted by molar-refractivity contribution is 9.10. The fourth-order valence-electron chi connectivity index (χ4n) is 1.60. The van der Waals surface area contributed by atoms with Crippen molar-refractivity contribution in [1.82, 2.24) is 5.32 Å². The number of halogens is 1. The molecule has 1 aromatic heterocycles. The molecule has 0 saturated carbocycles. The summed E-state index contributed by atoms with van der Waals surface area (Å²) >= 11 is 3.33. The minimum atomic E-state index is -0.196. The standard InChI is InChI=1S/C13H13BrN2O2/c1-8(12-3-2-6-18-12)16-13(17)10-7-9(15)4-5-11(10)14/h2-8H,15H2,1H3,(H,16,17)/t8-/m1/s1. The van der Waals surface area contributed by atoms with Crippen LogP contribution in [0.15, 0.2) is 45.5 Å². The van der Waals surface area contributed by atoms with E-state index in [-0.39, 0.29) is 11.9 Å². The third kappa shape index (κ3) is 2.73. The van der Waals surface area contributed by atoms with Gasteiger partial charge in [-0.05, 0) is 53.2 Å². The molecule has 0 aliphatic carbocycles. The van der Waals surface area contributed by atoms with Crippen molar-refractivity contribution in [3.8, 4) is 0 Å². The minimum Gasteiger partial charge on any atom is -0.467 e. The van der Waals surface area contributed by atoms with E-state index in [2.05, 4.69) is 21.2 Å². The van der Waals surface area contributed by atoms with E-state index in [1.807, 2.05) is 13.0 Å². The average Bonchev–Trinajstić information content (AvgIpc) is 2.85. The van der Waals surface area contributed by atoms with Gasteiger partial charge in [0.25, 0.3) is 5.91 Å². The van der Waals surface area contributed by atoms with Crippen LogP contribution in [0, 0.1) is 0 Å². The van der Waals surface area contributed by atoms with Crippen LogP contribution in [0.2, 0.25) is 0 Å². The Hall–Kier alpha value is -1.75. The van der Waals surface area contributed by atoms with Gasteiger partial charge in [-0.1, -0.05) is 0 Å². The Morgan fingerprint density at radius 2 is 2.22 bits per heavy atom. The quantitative estimate of drug-likeness (QED) is 0.856. The number of rotatable bonds is 3. The van der Waals surface area contributed by atoms with E-state index in [0.29, 0.717) is 21.5 Å². The first-order chi connectivity index (χ1) is 8.58. The van der Waals surface area contributed by atoms with Gasteiger partial charge in [0, 0.05) is 10.2 Å². The number of hydrogen-bond acceptors (Lipinski definition) is 3. The smallest absolute Gasteiger partial charge is 0.253 e. The maximum atomic E-state index is 12.1. The lowest BCUT2D eigenvalue weighted by Crippen LogP contribution is -2.26. The number of benzene rings is 1. The minimum absolute atomic E-state index is 0.194. The van der Waals surface area contributed by atoms with Gasteiger partial charge in [-0.15, -0.1) is 0 Å². The van der Waals surface area contributed by atoms with E-state index in [9.17, 15) is 4.79 Å². The number of nitrogen functional groups attached to an aromatic ring is 1. The monoisotopic (exact) mass is 308 g/mol. The molecule has 0 radical (unpaired) electrons. The number of nitrogens with two attached hydrogens (primary N) is 1. The first-order valence-electron chi connectivity index (χ1n) is 5.47. The maximum absolute atomic E-state index is 12.1. The summed E-state index contributed by atoms with van der Waals surface area (Å²) in [6.45, 7) is 1.86. The van der Waals surface area contributed by atoms with Crippen LogP contribution in [-0.2, 0) is 0 Å². The van der Waals surface area contributed by atoms with Gasteiger partial charge in [-0.25, -0.2) is 0 Å². The van der Waals surface area contributed by atoms with E-state index < -0.39 is 0 Å². The molecule has 0 aliphatic heterocycles. The van der Waals surface area contributed by atoms with Crippen LogP contribution in [-0.4, -0.2) is 5.91 Å². The van der Waals surface area contributed by atoms with Crippen molar-refractivity contribution < 1.29 is 9.21 Å². The Morgan fingerprint density at radius 1 is 1.44 bits per heavy atom. The highest BCUT2D eigenvalue weighted by Gasteiger charge is 2.15. The van der Waals surface area contributed by atoms with Gasteiger partial charge in [0.2, 0.25) is 0 Å². The molecule has 0 bridgehead atoms. The van der Waals surface area contributed by atoms with Crippen molar-refractivity contribution >= 4 is 27.5 Å². The molecule has 2 rings (SSSR count). The second-order valence-electron chi connectivity index (χ2n) is 3.95. The van der Waals surface area contributed by atoms with Crippen LogP contribution in [0.1, 0.15) is 29.1 Å². The molecule has 18 heavy (non-hydrogen) atoms. The SMILES string of the molecule is C[C@@H](NC(=O)c1cc(N)ccc1Br)c1ccco1. The van der Waals surface area contributed by atoms with Crippen molar-refractivity contribution in [3.63, 3.8) is 0 Å². The summed E-state index contributed by atoms with van der Waals surface area (Å²) < 4.78 is 5.94. The van der Waals surface area contributed by atoms with E-state index in [4.69, 9.17) is 10.2 Å². The molecule has 2 aromatic rings. The van der Waals surface area contributed by atoms with Crippen LogP contribution in [0.5, 0.6) is 0 Å². The molecule has 0 spiro atoms. The number of amides is 1. The average molecular weight is 309 g/mol. The molecule has 0 unspecified atom stereocenters. The lowest BCUT2D eigenvalue weighted by Gasteiger charge is -2.12. The molecule has 0 saturated heterocycles. The number of hydrogen-bond donors (Lipinski definition) is 2. The zero-order valence-electron chi connectivity index (χ0n) is 9.81. The van der Waals surface area contributed by atoms with Crippen molar-refractivity contribution in [2.75, 3.05) is 5.73 Å². The lowest BCUT2D eigenvalue weighted by molar-refractivity contribution is 0.0934. The lowest BCUT2D eigenvalue weighted by atomic mass is 10.1. The summed E-state index contributed by atoms with van der Waals surface area (Å²) in [5.74, 6) is 0.515. The van der Waals surface area contributed by atoms with Gasteiger partial charge in [0.1, 0.15) is 5.76 Å². The number of carbonyl (C=O) groups excluding carboxylic acids is 1. The highest BCUT2D eigenvalue weighted by atomic mass is 79.9. The van der Waals surface area contributed by atoms with Crippen LogP contribution in [0.4, 0.5) is 5.69 Å². The van der Waals surface area contributed by atoms with Crippen LogP contribution < -0.4 is 11.1 Å². The molecular formula is C13H13BrN2O2. The predicted molar refractivity (Wildman–Crippen MR) is 73.1 cm³/mol. The van der Waals surface area contributed by atoms with Crippen molar-refractivity contribution in [2.45, 2.75) is 13.0 Å². The molecule has 94 valence electrons. The van der Waals surface area contributed by atoms with E-state index in [1.54, 1.807) is 30.5 Å². The number of nitrogens with one attached hydrogen (secondary N) is 1. The van der Waals surface area contributed by atoms with Crippen molar-refractivity contribution in [1.29, 1.82) is 0 Å². The second kappa shape index (κ2) is 5.27. The molecule has 0 fully saturated rings. The number of anilines is 1. The van der Waals surface area contributed by atoms with E-state index in [0.717, 1.165) is 0 Å². The highest BCUT2D eigenvalue weighted by Crippen LogP contribution is 2.21. The third-order valence-corrected chi connectivity index (χ3v) is 3.24. The molecule has 5 heteroatoms. The van der Waals surface area contributed by atoms with Crippen molar-refractivity contribution in [3.05, 3.63) is 52.4 Å². The summed E-state index contributed by atoms with van der Waals surface area (Å²) in [5, 5.41) is 2.85. The number of furan rings is 1. The van der Waals surface area contributed by atoms with E-state index >= 15 is 0 Å². The van der Waals surface area contributed by atoms with Crippen LogP contribution >= 0.6 is 15.9 Å². The van der Waals surface area contributed by atoms with Gasteiger partial charge in [0.15, 0.2) is 0 Å². The molecule has 1 atom stereocenters. The van der Waals surface area contributed by atoms with Gasteiger partial charge >= 0.3 is 0 Å². The molecule has 3 N–H and O–H groups in total. The van der Waals surface area contributed by atoms with E-state index in [1.165, 1.54) is 0 Å². The van der Waals surface area contributed by atoms with Gasteiger partial charge in [-0.2, -0.15) is 0 Å². The molecule has 4 nitrogen and oxygen atoms in total. The first-order valence-corrected chi connectivity index (χ1v) is 6.26. The molecule has 1 amide bonds. The Kier molecular flexibility index (Phi) is 3.72. The van der Waals surface area contributed by atoms with Crippen molar-refractivity contribution in [2.24, 2.45) is 0 Å². The van der Waals surface area contributed by atoms with Gasteiger partial charge in [-0.3, -0.25) is 4.79 Å². The Bertz CT molecular complexity index is 552. The summed E-state index contributed by atoms with van der Waals surface area (Å²) in [7, 11) is 0. The summed E-state index contributed by atoms with van der Waals surface area (Å²) in [5.41, 5.74) is 6.73. The largest absolute Gasteiger partial charge is 0.467 e. The topological polar surface area (TPSA) is 68.3 Å².